The average Bonchev–Trinajstić information content (AvgIpc) is 3.85. The first-order chi connectivity index (χ1) is 24.7. The van der Waals surface area contributed by atoms with Crippen molar-refractivity contribution in [1.82, 2.24) is 14.5 Å². The maximum absolute atomic E-state index is 12.5. The molecule has 1 amide bonds. The van der Waals surface area contributed by atoms with Crippen LogP contribution < -0.4 is 5.32 Å². The minimum Gasteiger partial charge on any atom is -0.361 e. The lowest BCUT2D eigenvalue weighted by molar-refractivity contribution is 0.111. The van der Waals surface area contributed by atoms with Crippen LogP contribution >= 0.6 is 49.6 Å². The van der Waals surface area contributed by atoms with E-state index in [1.54, 1.807) is 30.5 Å². The third-order valence-electron chi connectivity index (χ3n) is 6.67. The number of carbonyl (C=O) groups is 3. The second-order valence-corrected chi connectivity index (χ2v) is 19.1. The molecule has 0 saturated heterocycles. The predicted molar refractivity (Wildman–Crippen MR) is 205 cm³/mol. The van der Waals surface area contributed by atoms with Gasteiger partial charge < -0.3 is 15.3 Å². The van der Waals surface area contributed by atoms with Crippen LogP contribution in [0, 0.1) is 0 Å². The van der Waals surface area contributed by atoms with E-state index in [1.165, 1.54) is 45.9 Å². The van der Waals surface area contributed by atoms with Crippen molar-refractivity contribution in [3.05, 3.63) is 133 Å². The van der Waals surface area contributed by atoms with Gasteiger partial charge in [0, 0.05) is 67.9 Å². The number of fused-ring (bicyclic) bond motifs is 3. The summed E-state index contributed by atoms with van der Waals surface area (Å²) in [5.74, 6) is 0. The van der Waals surface area contributed by atoms with Gasteiger partial charge in [-0.3, -0.25) is 23.1 Å². The molecule has 7 aromatic rings. The van der Waals surface area contributed by atoms with Gasteiger partial charge >= 0.3 is 11.2 Å². The molecule has 0 aliphatic heterocycles. The van der Waals surface area contributed by atoms with Crippen molar-refractivity contribution in [2.45, 2.75) is 4.90 Å². The van der Waals surface area contributed by atoms with Crippen molar-refractivity contribution in [2.75, 3.05) is 12.5 Å². The summed E-state index contributed by atoms with van der Waals surface area (Å²) in [7, 11) is 0.407. The minimum atomic E-state index is -3.89. The Bertz CT molecular complexity index is 2400. The topological polar surface area (TPSA) is 151 Å². The summed E-state index contributed by atoms with van der Waals surface area (Å²) >= 11 is 13.8. The Labute approximate surface area is 312 Å². The molecule has 0 saturated carbocycles. The zero-order chi connectivity index (χ0) is 38.3. The number of aromatic amines is 2. The molecule has 0 fully saturated rings. The van der Waals surface area contributed by atoms with Crippen LogP contribution in [0.5, 0.6) is 0 Å². The number of aromatic nitrogens is 3. The number of hydrogen-bond donors (Lipinski definition) is 3. The van der Waals surface area contributed by atoms with Crippen molar-refractivity contribution in [1.29, 1.82) is 0 Å². The molecule has 17 heteroatoms. The highest BCUT2D eigenvalue weighted by Gasteiger charge is 2.15. The van der Waals surface area contributed by atoms with Crippen molar-refractivity contribution in [3.63, 3.8) is 0 Å². The third kappa shape index (κ3) is 12.4. The number of alkyl halides is 1. The fraction of sp³-hybridized carbons (Fsp3) is 0.0294. The zero-order valence-electron chi connectivity index (χ0n) is 27.1. The number of para-hydroxylation sites is 3. The Morgan fingerprint density at radius 1 is 0.843 bits per heavy atom. The molecule has 7 rings (SSSR count). The molecular formula is C34H28Cl4FN4O6PS. The number of benzene rings is 4. The molecule has 0 unspecified atom stereocenters. The van der Waals surface area contributed by atoms with Crippen LogP contribution in [0.4, 0.5) is 14.9 Å². The Morgan fingerprint density at radius 3 is 2.06 bits per heavy atom. The van der Waals surface area contributed by atoms with Gasteiger partial charge in [0.25, 0.3) is 9.05 Å². The molecule has 0 aliphatic carbocycles. The van der Waals surface area contributed by atoms with Crippen LogP contribution in [0.1, 0.15) is 22.1 Å². The molecule has 0 radical (unpaired) electrons. The molecule has 0 spiro atoms. The minimum absolute atomic E-state index is 0.118. The number of aldehydes is 2. The summed E-state index contributed by atoms with van der Waals surface area (Å²) in [4.78, 5) is 40.1. The smallest absolute Gasteiger partial charge is 0.339 e. The second-order valence-electron chi connectivity index (χ2n) is 9.86. The second kappa shape index (κ2) is 19.3. The lowest BCUT2D eigenvalue weighted by Gasteiger charge is -2.08. The van der Waals surface area contributed by atoms with Crippen molar-refractivity contribution >= 4 is 116 Å². The van der Waals surface area contributed by atoms with Gasteiger partial charge in [-0.1, -0.05) is 60.7 Å². The number of halogens is 5. The lowest BCUT2D eigenvalue weighted by atomic mass is 10.2. The van der Waals surface area contributed by atoms with Gasteiger partial charge in [0.2, 0.25) is 0 Å². The van der Waals surface area contributed by atoms with E-state index < -0.39 is 27.4 Å². The van der Waals surface area contributed by atoms with E-state index in [-0.39, 0.29) is 10.6 Å². The first-order valence-corrected chi connectivity index (χ1v) is 20.9. The Balaban J connectivity index is 0.000000213. The largest absolute Gasteiger partial charge is 0.361 e. The van der Waals surface area contributed by atoms with E-state index in [4.69, 9.17) is 12.1 Å². The molecule has 51 heavy (non-hydrogen) atoms. The average molecular weight is 813 g/mol. The van der Waals surface area contributed by atoms with E-state index in [2.05, 4.69) is 67.2 Å². The van der Waals surface area contributed by atoms with Crippen LogP contribution in [0.15, 0.2) is 127 Å². The third-order valence-corrected chi connectivity index (χ3v) is 8.02. The lowest BCUT2D eigenvalue weighted by Crippen LogP contribution is -2.18. The number of amides is 1. The first-order valence-electron chi connectivity index (χ1n) is 14.9. The van der Waals surface area contributed by atoms with Gasteiger partial charge in [-0.05, 0) is 81.6 Å². The molecular weight excluding hydrogens is 784 g/mol. The van der Waals surface area contributed by atoms with Gasteiger partial charge in [0.1, 0.15) is 0 Å². The molecule has 3 N–H and O–H groups in total. The van der Waals surface area contributed by atoms with Crippen LogP contribution in [0.3, 0.4) is 0 Å². The number of nitrogens with zero attached hydrogens (tertiary/aromatic N) is 1. The normalized spacial score (nSPS) is 10.9. The number of anilines is 1. The summed E-state index contributed by atoms with van der Waals surface area (Å²) < 4.78 is 49.0. The highest BCUT2D eigenvalue weighted by Crippen LogP contribution is 2.61. The predicted octanol–water partition coefficient (Wildman–Crippen LogP) is 11.0. The van der Waals surface area contributed by atoms with E-state index in [9.17, 15) is 31.8 Å². The van der Waals surface area contributed by atoms with Gasteiger partial charge in [-0.15, -0.1) is 0 Å². The monoisotopic (exact) mass is 811 g/mol. The fourth-order valence-corrected chi connectivity index (χ4v) is 5.36. The summed E-state index contributed by atoms with van der Waals surface area (Å²) in [6, 6.07) is 30.0. The number of hydrogen-bond acceptors (Lipinski definition) is 6. The van der Waals surface area contributed by atoms with Gasteiger partial charge in [0.05, 0.1) is 18.9 Å². The molecule has 3 aromatic heterocycles. The molecule has 0 bridgehead atoms. The summed E-state index contributed by atoms with van der Waals surface area (Å²) in [5.41, 5.74) is 4.16. The number of rotatable bonds is 4. The van der Waals surface area contributed by atoms with Crippen molar-refractivity contribution < 1.29 is 33.1 Å². The van der Waals surface area contributed by atoms with Crippen LogP contribution in [-0.4, -0.2) is 48.7 Å². The maximum atomic E-state index is 12.5. The molecule has 3 heterocycles. The van der Waals surface area contributed by atoms with E-state index in [0.29, 0.717) is 22.8 Å². The van der Waals surface area contributed by atoms with Crippen LogP contribution in [0.2, 0.25) is 0 Å². The first kappa shape index (κ1) is 39.4. The highest BCUT2D eigenvalue weighted by atomic mass is 36.0. The quantitative estimate of drug-likeness (QED) is 0.0914. The summed E-state index contributed by atoms with van der Waals surface area (Å²) in [6.07, 6.45) is 6.63. The molecule has 0 atom stereocenters. The SMILES string of the molecule is O=Cc1c[nH]c2ccccc12.O=Cc1cn(C(=O)Nc2cccc(S(=O)(=O)Cl)c2)c2ccccc12.O=P(Cl)(Cl)Cl.[2H]CF.c1ccc2[nH]ccc2c1. The maximum Gasteiger partial charge on any atom is 0.339 e. The van der Waals surface area contributed by atoms with Crippen molar-refractivity contribution in [2.24, 2.45) is 0 Å². The Morgan fingerprint density at radius 2 is 1.43 bits per heavy atom. The van der Waals surface area contributed by atoms with E-state index >= 15 is 0 Å². The molecule has 4 aromatic carbocycles. The molecule has 10 nitrogen and oxygen atoms in total. The van der Waals surface area contributed by atoms with E-state index in [0.717, 1.165) is 22.8 Å². The Hall–Kier alpha value is -4.42. The number of nitrogens with one attached hydrogen (secondary N) is 3. The zero-order valence-corrected chi connectivity index (χ0v) is 30.8. The Kier molecular flexibility index (Phi) is 14.9. The number of carbonyl (C=O) groups excluding carboxylic acids is 3. The van der Waals surface area contributed by atoms with Crippen molar-refractivity contribution in [3.8, 4) is 0 Å². The van der Waals surface area contributed by atoms with Gasteiger partial charge in [-0.25, -0.2) is 13.2 Å². The highest BCUT2D eigenvalue weighted by molar-refractivity contribution is 8.24. The fourth-order valence-electron chi connectivity index (χ4n) is 4.56. The summed E-state index contributed by atoms with van der Waals surface area (Å²) in [6.45, 7) is 0. The molecule has 266 valence electrons. The summed E-state index contributed by atoms with van der Waals surface area (Å²) in [5, 5.41) is 2.28. The number of H-pyrrole nitrogens is 2. The van der Waals surface area contributed by atoms with Crippen LogP contribution in [-0.2, 0) is 13.6 Å². The molecule has 0 aliphatic rings. The van der Waals surface area contributed by atoms with Crippen LogP contribution in [0.25, 0.3) is 32.7 Å². The standard InChI is InChI=1S/C16H11ClN2O4S.C9H7NO.C8H7N.CH3F.Cl3OP/c17-24(22,23)13-5-3-4-12(8-13)18-16(21)19-9-11(10-20)14-6-1-2-7-15(14)19;11-6-7-5-10-9-4-2-1-3-8(7)9;1-2-4-8-7(3-1)5-6-9-8;1-2;1-5(2,3)4/h1-10H,(H,18,21);1-6,10H;1-6,9H;1H3;/i;;;1D;. The van der Waals surface area contributed by atoms with E-state index in [1.807, 2.05) is 42.6 Å². The van der Waals surface area contributed by atoms with Gasteiger partial charge in [-0.2, -0.15) is 0 Å². The van der Waals surface area contributed by atoms with Gasteiger partial charge in [0.15, 0.2) is 12.6 Å².